The van der Waals surface area contributed by atoms with Crippen molar-refractivity contribution in [2.75, 3.05) is 5.32 Å². The Hall–Kier alpha value is -3.21. The predicted octanol–water partition coefficient (Wildman–Crippen LogP) is 4.72. The fourth-order valence-electron chi connectivity index (χ4n) is 3.82. The first kappa shape index (κ1) is 15.1. The first-order valence-electron chi connectivity index (χ1n) is 8.69. The molecule has 2 atom stereocenters. The number of fused-ring (bicyclic) bond motifs is 3. The molecule has 128 valence electrons. The largest absolute Gasteiger partial charge is 0.349 e. The van der Waals surface area contributed by atoms with Crippen LogP contribution in [0.2, 0.25) is 0 Å². The molecule has 1 N–H and O–H groups in total. The lowest BCUT2D eigenvalue weighted by Gasteiger charge is -2.33. The molecule has 0 bridgehead atoms. The first-order valence-corrected chi connectivity index (χ1v) is 8.69. The van der Waals surface area contributed by atoms with Crippen LogP contribution in [0, 0.1) is 5.82 Å². The van der Waals surface area contributed by atoms with Gasteiger partial charge in [0.1, 0.15) is 5.82 Å². The molecular formula is C21H17FN4. The van der Waals surface area contributed by atoms with E-state index < -0.39 is 0 Å². The van der Waals surface area contributed by atoms with Gasteiger partial charge < -0.3 is 9.88 Å². The van der Waals surface area contributed by atoms with Crippen molar-refractivity contribution in [1.29, 1.82) is 0 Å². The Labute approximate surface area is 150 Å². The minimum atomic E-state index is -0.187. The van der Waals surface area contributed by atoms with Crippen LogP contribution in [0.3, 0.4) is 0 Å². The number of rotatable bonds is 2. The van der Waals surface area contributed by atoms with E-state index in [1.54, 1.807) is 12.3 Å². The highest BCUT2D eigenvalue weighted by Crippen LogP contribution is 2.41. The second kappa shape index (κ2) is 5.95. The van der Waals surface area contributed by atoms with Gasteiger partial charge in [-0.3, -0.25) is 4.98 Å². The normalized spacial score (nSPS) is 19.1. The van der Waals surface area contributed by atoms with Crippen LogP contribution in [-0.2, 0) is 0 Å². The molecule has 0 saturated heterocycles. The van der Waals surface area contributed by atoms with E-state index >= 15 is 0 Å². The van der Waals surface area contributed by atoms with Crippen LogP contribution < -0.4 is 5.32 Å². The molecule has 0 unspecified atom stereocenters. The maximum Gasteiger partial charge on any atom is 0.204 e. The molecule has 26 heavy (non-hydrogen) atoms. The summed E-state index contributed by atoms with van der Waals surface area (Å²) in [6, 6.07) is 18.8. The molecule has 0 radical (unpaired) electrons. The van der Waals surface area contributed by atoms with Crippen LogP contribution in [0.5, 0.6) is 0 Å². The molecule has 0 saturated carbocycles. The number of hydrogen-bond donors (Lipinski definition) is 1. The van der Waals surface area contributed by atoms with E-state index in [2.05, 4.69) is 14.9 Å². The molecule has 0 spiro atoms. The molecule has 4 nitrogen and oxygen atoms in total. The fourth-order valence-corrected chi connectivity index (χ4v) is 3.82. The summed E-state index contributed by atoms with van der Waals surface area (Å²) in [4.78, 5) is 8.98. The number of nitrogens with one attached hydrogen (secondary N) is 1. The Kier molecular flexibility index (Phi) is 3.45. The number of para-hydroxylation sites is 2. The Balaban J connectivity index is 1.71. The van der Waals surface area contributed by atoms with E-state index in [0.29, 0.717) is 5.56 Å². The molecule has 4 aromatic rings. The quantitative estimate of drug-likeness (QED) is 0.572. The highest BCUT2D eigenvalue weighted by molar-refractivity contribution is 5.79. The summed E-state index contributed by atoms with van der Waals surface area (Å²) in [5.41, 5.74) is 3.68. The topological polar surface area (TPSA) is 42.7 Å². The second-order valence-electron chi connectivity index (χ2n) is 6.55. The zero-order chi connectivity index (χ0) is 17.5. The van der Waals surface area contributed by atoms with Gasteiger partial charge in [-0.1, -0.05) is 36.4 Å². The maximum atomic E-state index is 14.6. The molecule has 1 aliphatic heterocycles. The van der Waals surface area contributed by atoms with Crippen LogP contribution in [0.1, 0.15) is 29.6 Å². The highest BCUT2D eigenvalue weighted by atomic mass is 19.1. The maximum absolute atomic E-state index is 14.6. The zero-order valence-electron chi connectivity index (χ0n) is 14.0. The van der Waals surface area contributed by atoms with Crippen molar-refractivity contribution in [3.63, 3.8) is 0 Å². The lowest BCUT2D eigenvalue weighted by molar-refractivity contribution is 0.456. The van der Waals surface area contributed by atoms with Gasteiger partial charge in [-0.2, -0.15) is 0 Å². The number of benzene rings is 2. The Bertz CT molecular complexity index is 1070. The minimum Gasteiger partial charge on any atom is -0.349 e. The van der Waals surface area contributed by atoms with Crippen molar-refractivity contribution < 1.29 is 4.39 Å². The summed E-state index contributed by atoms with van der Waals surface area (Å²) in [6.07, 6.45) is 4.34. The summed E-state index contributed by atoms with van der Waals surface area (Å²) in [7, 11) is 0. The summed E-state index contributed by atoms with van der Waals surface area (Å²) in [5, 5.41) is 3.51. The van der Waals surface area contributed by atoms with Crippen molar-refractivity contribution in [3.05, 3.63) is 90.0 Å². The van der Waals surface area contributed by atoms with Crippen LogP contribution in [0.25, 0.3) is 11.0 Å². The van der Waals surface area contributed by atoms with Gasteiger partial charge >= 0.3 is 0 Å². The number of halogens is 1. The number of hydrogen-bond acceptors (Lipinski definition) is 3. The highest BCUT2D eigenvalue weighted by Gasteiger charge is 2.32. The number of aromatic nitrogens is 3. The smallest absolute Gasteiger partial charge is 0.204 e. The van der Waals surface area contributed by atoms with Gasteiger partial charge in [0.25, 0.3) is 0 Å². The summed E-state index contributed by atoms with van der Waals surface area (Å²) >= 11 is 0. The number of nitrogens with zero attached hydrogens (tertiary/aromatic N) is 3. The van der Waals surface area contributed by atoms with E-state index in [9.17, 15) is 4.39 Å². The van der Waals surface area contributed by atoms with Crippen LogP contribution in [-0.4, -0.2) is 14.5 Å². The SMILES string of the molecule is Fc1ccccc1[C@@H]1C[C@H](c2cccnc2)Nc2nc3ccccc3n21. The molecule has 5 heteroatoms. The van der Waals surface area contributed by atoms with Crippen molar-refractivity contribution in [2.24, 2.45) is 0 Å². The fraction of sp³-hybridized carbons (Fsp3) is 0.143. The van der Waals surface area contributed by atoms with Crippen LogP contribution in [0.15, 0.2) is 73.1 Å². The van der Waals surface area contributed by atoms with Crippen LogP contribution >= 0.6 is 0 Å². The third-order valence-corrected chi connectivity index (χ3v) is 5.02. The van der Waals surface area contributed by atoms with E-state index in [-0.39, 0.29) is 17.9 Å². The lowest BCUT2D eigenvalue weighted by atomic mass is 9.93. The molecule has 0 aliphatic carbocycles. The zero-order valence-corrected chi connectivity index (χ0v) is 14.0. The minimum absolute atomic E-state index is 0.0256. The molecular weight excluding hydrogens is 327 g/mol. The summed E-state index contributed by atoms with van der Waals surface area (Å²) in [6.45, 7) is 0. The van der Waals surface area contributed by atoms with Gasteiger partial charge in [0.05, 0.1) is 23.1 Å². The molecule has 2 aromatic heterocycles. The molecule has 1 aliphatic rings. The number of imidazole rings is 1. The van der Waals surface area contributed by atoms with E-state index in [0.717, 1.165) is 29.0 Å². The van der Waals surface area contributed by atoms with Crippen molar-refractivity contribution in [3.8, 4) is 0 Å². The molecule has 0 amide bonds. The standard InChI is InChI=1S/C21H17FN4/c22-16-8-2-1-7-15(16)20-12-18(14-6-5-11-23-13-14)25-21-24-17-9-3-4-10-19(17)26(20)21/h1-11,13,18,20H,12H2,(H,24,25)/t18-,20+/m1/s1. The average molecular weight is 344 g/mol. The molecule has 0 fully saturated rings. The van der Waals surface area contributed by atoms with Gasteiger partial charge in [0.15, 0.2) is 0 Å². The lowest BCUT2D eigenvalue weighted by Crippen LogP contribution is -2.27. The molecule has 3 heterocycles. The molecule has 5 rings (SSSR count). The third kappa shape index (κ3) is 2.36. The van der Waals surface area contributed by atoms with Crippen LogP contribution in [0.4, 0.5) is 10.3 Å². The third-order valence-electron chi connectivity index (χ3n) is 5.02. The Morgan fingerprint density at radius 3 is 2.69 bits per heavy atom. The van der Waals surface area contributed by atoms with E-state index in [1.165, 1.54) is 6.07 Å². The Morgan fingerprint density at radius 1 is 1.00 bits per heavy atom. The number of pyridine rings is 1. The van der Waals surface area contributed by atoms with Gasteiger partial charge in [0.2, 0.25) is 5.95 Å². The van der Waals surface area contributed by atoms with Crippen molar-refractivity contribution >= 4 is 17.0 Å². The monoisotopic (exact) mass is 344 g/mol. The van der Waals surface area contributed by atoms with Crippen molar-refractivity contribution in [2.45, 2.75) is 18.5 Å². The van der Waals surface area contributed by atoms with Gasteiger partial charge in [-0.15, -0.1) is 0 Å². The number of anilines is 1. The van der Waals surface area contributed by atoms with E-state index in [1.807, 2.05) is 54.7 Å². The van der Waals surface area contributed by atoms with E-state index in [4.69, 9.17) is 4.98 Å². The van der Waals surface area contributed by atoms with Gasteiger partial charge in [-0.25, -0.2) is 9.37 Å². The summed E-state index contributed by atoms with van der Waals surface area (Å²) < 4.78 is 16.7. The van der Waals surface area contributed by atoms with Gasteiger partial charge in [0, 0.05) is 18.0 Å². The Morgan fingerprint density at radius 2 is 1.85 bits per heavy atom. The predicted molar refractivity (Wildman–Crippen MR) is 99.5 cm³/mol. The average Bonchev–Trinajstić information content (AvgIpc) is 3.07. The van der Waals surface area contributed by atoms with Crippen molar-refractivity contribution in [1.82, 2.24) is 14.5 Å². The molecule has 2 aromatic carbocycles. The second-order valence-corrected chi connectivity index (χ2v) is 6.55. The summed E-state index contributed by atoms with van der Waals surface area (Å²) in [5.74, 6) is 0.577. The van der Waals surface area contributed by atoms with Gasteiger partial charge in [-0.05, 0) is 36.2 Å². The first-order chi connectivity index (χ1) is 12.8.